The van der Waals surface area contributed by atoms with E-state index in [-0.39, 0.29) is 11.5 Å². The summed E-state index contributed by atoms with van der Waals surface area (Å²) in [5.41, 5.74) is 1.36. The number of ether oxygens (including phenoxy) is 1. The lowest BCUT2D eigenvalue weighted by Gasteiger charge is -2.22. The van der Waals surface area contributed by atoms with Crippen LogP contribution in [-0.4, -0.2) is 24.1 Å². The van der Waals surface area contributed by atoms with Gasteiger partial charge in [0.25, 0.3) is 0 Å². The van der Waals surface area contributed by atoms with Crippen molar-refractivity contribution in [2.75, 3.05) is 7.11 Å². The fourth-order valence-electron chi connectivity index (χ4n) is 1.88. The molecule has 1 aliphatic carbocycles. The van der Waals surface area contributed by atoms with Crippen LogP contribution in [0.2, 0.25) is 0 Å². The highest BCUT2D eigenvalue weighted by Gasteiger charge is 2.29. The second-order valence-corrected chi connectivity index (χ2v) is 3.44. The molecule has 1 N–H and O–H groups in total. The van der Waals surface area contributed by atoms with E-state index >= 15 is 0 Å². The smallest absolute Gasteiger partial charge is 0.195 e. The number of fused-ring (bicyclic) bond motifs is 1. The highest BCUT2D eigenvalue weighted by atomic mass is 16.5. The van der Waals surface area contributed by atoms with Gasteiger partial charge in [-0.25, -0.2) is 0 Å². The van der Waals surface area contributed by atoms with Crippen molar-refractivity contribution >= 4 is 5.78 Å². The van der Waals surface area contributed by atoms with E-state index in [4.69, 9.17) is 4.74 Å². The lowest BCUT2D eigenvalue weighted by molar-refractivity contribution is 0.0556. The van der Waals surface area contributed by atoms with Crippen LogP contribution in [0.4, 0.5) is 0 Å². The minimum absolute atomic E-state index is 0.0641. The van der Waals surface area contributed by atoms with Crippen molar-refractivity contribution in [3.8, 4) is 5.75 Å². The van der Waals surface area contributed by atoms with Crippen molar-refractivity contribution in [3.05, 3.63) is 29.3 Å². The number of carbonyl (C=O) groups excluding carboxylic acids is 1. The average molecular weight is 192 g/mol. The van der Waals surface area contributed by atoms with Crippen molar-refractivity contribution < 1.29 is 14.6 Å². The minimum Gasteiger partial charge on any atom is -0.507 e. The van der Waals surface area contributed by atoms with Gasteiger partial charge in [0.05, 0.1) is 5.56 Å². The number of carbonyl (C=O) groups is 1. The van der Waals surface area contributed by atoms with Gasteiger partial charge in [0.15, 0.2) is 5.78 Å². The SMILES string of the molecule is COC1CCc2cccc(O)c2C1=O. The van der Waals surface area contributed by atoms with Crippen LogP contribution in [0.1, 0.15) is 22.3 Å². The van der Waals surface area contributed by atoms with Gasteiger partial charge in [-0.2, -0.15) is 0 Å². The van der Waals surface area contributed by atoms with Crippen LogP contribution in [-0.2, 0) is 11.2 Å². The lowest BCUT2D eigenvalue weighted by Crippen LogP contribution is -2.29. The zero-order valence-electron chi connectivity index (χ0n) is 7.99. The molecule has 14 heavy (non-hydrogen) atoms. The van der Waals surface area contributed by atoms with E-state index in [2.05, 4.69) is 0 Å². The van der Waals surface area contributed by atoms with Gasteiger partial charge >= 0.3 is 0 Å². The Labute approximate surface area is 82.3 Å². The summed E-state index contributed by atoms with van der Waals surface area (Å²) in [7, 11) is 1.52. The van der Waals surface area contributed by atoms with Gasteiger partial charge in [0, 0.05) is 7.11 Å². The maximum Gasteiger partial charge on any atom is 0.195 e. The van der Waals surface area contributed by atoms with Crippen LogP contribution in [0.25, 0.3) is 0 Å². The van der Waals surface area contributed by atoms with Crippen molar-refractivity contribution in [3.63, 3.8) is 0 Å². The highest BCUT2D eigenvalue weighted by Crippen LogP contribution is 2.29. The third-order valence-electron chi connectivity index (χ3n) is 2.63. The Kier molecular flexibility index (Phi) is 2.25. The molecule has 1 atom stereocenters. The normalized spacial score (nSPS) is 20.6. The van der Waals surface area contributed by atoms with E-state index in [0.717, 1.165) is 12.0 Å². The average Bonchev–Trinajstić information content (AvgIpc) is 2.18. The van der Waals surface area contributed by atoms with Crippen LogP contribution in [0.3, 0.4) is 0 Å². The predicted octanol–water partition coefficient (Wildman–Crippen LogP) is 1.54. The number of rotatable bonds is 1. The number of hydrogen-bond donors (Lipinski definition) is 1. The van der Waals surface area contributed by atoms with E-state index in [1.165, 1.54) is 13.2 Å². The first kappa shape index (κ1) is 9.21. The van der Waals surface area contributed by atoms with E-state index < -0.39 is 6.10 Å². The molecular formula is C11H12O3. The number of aromatic hydroxyl groups is 1. The molecule has 0 amide bonds. The number of Topliss-reactive ketones (excluding diaryl/α,β-unsaturated/α-hetero) is 1. The minimum atomic E-state index is -0.393. The van der Waals surface area contributed by atoms with Crippen molar-refractivity contribution in [2.24, 2.45) is 0 Å². The second kappa shape index (κ2) is 3.42. The molecule has 0 radical (unpaired) electrons. The molecule has 1 aromatic rings. The van der Waals surface area contributed by atoms with Crippen LogP contribution < -0.4 is 0 Å². The van der Waals surface area contributed by atoms with E-state index in [1.54, 1.807) is 6.07 Å². The van der Waals surface area contributed by atoms with E-state index in [9.17, 15) is 9.90 Å². The molecule has 2 rings (SSSR count). The number of ketones is 1. The first-order chi connectivity index (χ1) is 6.74. The fraction of sp³-hybridized carbons (Fsp3) is 0.364. The zero-order chi connectivity index (χ0) is 10.1. The summed E-state index contributed by atoms with van der Waals surface area (Å²) in [5, 5.41) is 9.56. The standard InChI is InChI=1S/C11H12O3/c1-14-9-6-5-7-3-2-4-8(12)10(7)11(9)13/h2-4,9,12H,5-6H2,1H3. The molecule has 3 heteroatoms. The van der Waals surface area contributed by atoms with Crippen molar-refractivity contribution in [1.29, 1.82) is 0 Å². The Morgan fingerprint density at radius 3 is 3.00 bits per heavy atom. The molecule has 0 bridgehead atoms. The fourth-order valence-corrected chi connectivity index (χ4v) is 1.88. The van der Waals surface area contributed by atoms with Gasteiger partial charge in [-0.15, -0.1) is 0 Å². The number of aryl methyl sites for hydroxylation is 1. The summed E-state index contributed by atoms with van der Waals surface area (Å²) < 4.78 is 5.05. The number of benzene rings is 1. The molecule has 0 spiro atoms. The summed E-state index contributed by atoms with van der Waals surface area (Å²) >= 11 is 0. The Morgan fingerprint density at radius 2 is 2.29 bits per heavy atom. The predicted molar refractivity (Wildman–Crippen MR) is 51.6 cm³/mol. The molecule has 0 saturated carbocycles. The number of methoxy groups -OCH3 is 1. The number of phenols is 1. The summed E-state index contributed by atoms with van der Waals surface area (Å²) in [4.78, 5) is 11.8. The number of phenolic OH excluding ortho intramolecular Hbond substituents is 1. The van der Waals surface area contributed by atoms with Crippen LogP contribution in [0, 0.1) is 0 Å². The van der Waals surface area contributed by atoms with E-state index in [1.807, 2.05) is 6.07 Å². The Hall–Kier alpha value is -1.35. The van der Waals surface area contributed by atoms with E-state index in [0.29, 0.717) is 12.0 Å². The molecule has 0 heterocycles. The third kappa shape index (κ3) is 1.30. The van der Waals surface area contributed by atoms with Crippen LogP contribution in [0.15, 0.2) is 18.2 Å². The zero-order valence-corrected chi connectivity index (χ0v) is 7.99. The molecule has 0 aromatic heterocycles. The Balaban J connectivity index is 2.48. The number of hydrogen-bond acceptors (Lipinski definition) is 3. The topological polar surface area (TPSA) is 46.5 Å². The molecule has 1 aliphatic rings. The first-order valence-corrected chi connectivity index (χ1v) is 4.62. The first-order valence-electron chi connectivity index (χ1n) is 4.62. The monoisotopic (exact) mass is 192 g/mol. The summed E-state index contributed by atoms with van der Waals surface area (Å²) in [6.07, 6.45) is 1.09. The second-order valence-electron chi connectivity index (χ2n) is 3.44. The highest BCUT2D eigenvalue weighted by molar-refractivity contribution is 6.04. The Bertz CT molecular complexity index is 371. The third-order valence-corrected chi connectivity index (χ3v) is 2.63. The van der Waals surface area contributed by atoms with Gasteiger partial charge in [-0.1, -0.05) is 12.1 Å². The molecule has 0 aliphatic heterocycles. The maximum atomic E-state index is 11.8. The van der Waals surface area contributed by atoms with Gasteiger partial charge in [-0.3, -0.25) is 4.79 Å². The van der Waals surface area contributed by atoms with Gasteiger partial charge in [-0.05, 0) is 24.5 Å². The molecular weight excluding hydrogens is 180 g/mol. The molecule has 0 fully saturated rings. The van der Waals surface area contributed by atoms with Gasteiger partial charge in [0.1, 0.15) is 11.9 Å². The largest absolute Gasteiger partial charge is 0.507 e. The molecule has 74 valence electrons. The van der Waals surface area contributed by atoms with Gasteiger partial charge in [0.2, 0.25) is 0 Å². The summed E-state index contributed by atoms with van der Waals surface area (Å²) in [6, 6.07) is 5.17. The molecule has 0 saturated heterocycles. The molecule has 3 nitrogen and oxygen atoms in total. The summed E-state index contributed by atoms with van der Waals surface area (Å²) in [5.74, 6) is -0.0406. The van der Waals surface area contributed by atoms with Crippen LogP contribution in [0.5, 0.6) is 5.75 Å². The van der Waals surface area contributed by atoms with Crippen molar-refractivity contribution in [2.45, 2.75) is 18.9 Å². The lowest BCUT2D eigenvalue weighted by atomic mass is 9.88. The molecule has 1 aromatic carbocycles. The summed E-state index contributed by atoms with van der Waals surface area (Å²) in [6.45, 7) is 0. The quantitative estimate of drug-likeness (QED) is 0.734. The Morgan fingerprint density at radius 1 is 1.50 bits per heavy atom. The van der Waals surface area contributed by atoms with Crippen LogP contribution >= 0.6 is 0 Å². The molecule has 1 unspecified atom stereocenters. The van der Waals surface area contributed by atoms with Gasteiger partial charge < -0.3 is 9.84 Å². The maximum absolute atomic E-state index is 11.8. The van der Waals surface area contributed by atoms with Crippen molar-refractivity contribution in [1.82, 2.24) is 0 Å².